The molecule has 0 radical (unpaired) electrons. The highest BCUT2D eigenvalue weighted by atomic mass is 15.1. The molecule has 2 heterocycles. The van der Waals surface area contributed by atoms with Crippen molar-refractivity contribution in [2.75, 3.05) is 25.0 Å². The van der Waals surface area contributed by atoms with Gasteiger partial charge in [-0.15, -0.1) is 0 Å². The van der Waals surface area contributed by atoms with E-state index in [4.69, 9.17) is 0 Å². The topological polar surface area (TPSA) is 15.3 Å². The van der Waals surface area contributed by atoms with E-state index in [-0.39, 0.29) is 0 Å². The number of hydrogen-bond acceptors (Lipinski definition) is 2. The molecule has 2 aliphatic heterocycles. The second-order valence-electron chi connectivity index (χ2n) is 5.96. The summed E-state index contributed by atoms with van der Waals surface area (Å²) in [6, 6.07) is 6.77. The normalized spacial score (nSPS) is 24.4. The van der Waals surface area contributed by atoms with Crippen LogP contribution in [0.3, 0.4) is 0 Å². The molecule has 2 heteroatoms. The van der Waals surface area contributed by atoms with Gasteiger partial charge in [-0.1, -0.05) is 19.1 Å². The van der Waals surface area contributed by atoms with Crippen molar-refractivity contribution in [1.29, 1.82) is 0 Å². The smallest absolute Gasteiger partial charge is 0.0375 e. The Morgan fingerprint density at radius 1 is 1.33 bits per heavy atom. The van der Waals surface area contributed by atoms with Crippen LogP contribution in [0.15, 0.2) is 18.2 Å². The van der Waals surface area contributed by atoms with Gasteiger partial charge in [0, 0.05) is 25.3 Å². The monoisotopic (exact) mass is 244 g/mol. The van der Waals surface area contributed by atoms with Gasteiger partial charge in [0.1, 0.15) is 0 Å². The van der Waals surface area contributed by atoms with Crippen molar-refractivity contribution in [3.05, 3.63) is 29.3 Å². The van der Waals surface area contributed by atoms with E-state index in [9.17, 15) is 0 Å². The third-order valence-electron chi connectivity index (χ3n) is 4.33. The summed E-state index contributed by atoms with van der Waals surface area (Å²) in [6.07, 6.45) is 5.31. The summed E-state index contributed by atoms with van der Waals surface area (Å²) >= 11 is 0. The molecule has 0 saturated carbocycles. The lowest BCUT2D eigenvalue weighted by molar-refractivity contribution is 0.176. The van der Waals surface area contributed by atoms with Crippen LogP contribution in [-0.2, 0) is 13.0 Å². The average molecular weight is 244 g/mol. The summed E-state index contributed by atoms with van der Waals surface area (Å²) in [5.74, 6) is 0.872. The molecule has 1 N–H and O–H groups in total. The third-order valence-corrected chi connectivity index (χ3v) is 4.33. The van der Waals surface area contributed by atoms with Crippen LogP contribution < -0.4 is 5.32 Å². The molecule has 0 aliphatic carbocycles. The van der Waals surface area contributed by atoms with Crippen LogP contribution in [-0.4, -0.2) is 24.5 Å². The minimum atomic E-state index is 0.872. The van der Waals surface area contributed by atoms with Gasteiger partial charge < -0.3 is 5.32 Å². The van der Waals surface area contributed by atoms with Crippen LogP contribution in [0.4, 0.5) is 5.69 Å². The summed E-state index contributed by atoms with van der Waals surface area (Å²) in [6.45, 7) is 7.22. The number of nitrogens with one attached hydrogen (secondary N) is 1. The zero-order valence-corrected chi connectivity index (χ0v) is 11.4. The number of benzene rings is 1. The first-order chi connectivity index (χ1) is 8.83. The van der Waals surface area contributed by atoms with Crippen molar-refractivity contribution in [2.24, 2.45) is 5.92 Å². The molecule has 1 aromatic rings. The Morgan fingerprint density at radius 3 is 3.17 bits per heavy atom. The molecule has 1 unspecified atom stereocenters. The summed E-state index contributed by atoms with van der Waals surface area (Å²) in [7, 11) is 0. The minimum absolute atomic E-state index is 0.872. The number of piperidine rings is 1. The Bertz CT molecular complexity index is 414. The molecule has 1 aromatic carbocycles. The first-order valence-electron chi connectivity index (χ1n) is 7.40. The second kappa shape index (κ2) is 5.31. The number of nitrogens with zero attached hydrogens (tertiary/aromatic N) is 1. The molecule has 3 rings (SSSR count). The van der Waals surface area contributed by atoms with E-state index in [0.717, 1.165) is 19.0 Å². The lowest BCUT2D eigenvalue weighted by Crippen LogP contribution is -2.34. The van der Waals surface area contributed by atoms with E-state index in [0.29, 0.717) is 0 Å². The predicted molar refractivity (Wildman–Crippen MR) is 76.9 cm³/mol. The Morgan fingerprint density at radius 2 is 2.28 bits per heavy atom. The first kappa shape index (κ1) is 12.0. The number of rotatable bonds is 2. The predicted octanol–water partition coefficient (Wildman–Crippen LogP) is 3.28. The van der Waals surface area contributed by atoms with Gasteiger partial charge in [0.05, 0.1) is 0 Å². The first-order valence-corrected chi connectivity index (χ1v) is 7.40. The molecule has 0 aromatic heterocycles. The van der Waals surface area contributed by atoms with E-state index < -0.39 is 0 Å². The largest absolute Gasteiger partial charge is 0.385 e. The standard InChI is InChI=1S/C16H24N2/c1-13-5-4-10-18(11-13)12-14-6-2-8-16-15(14)7-3-9-17-16/h2,6,8,13,17H,3-5,7,9-12H2,1H3. The van der Waals surface area contributed by atoms with Crippen LogP contribution in [0, 0.1) is 5.92 Å². The Kier molecular flexibility index (Phi) is 3.55. The minimum Gasteiger partial charge on any atom is -0.385 e. The van der Waals surface area contributed by atoms with Gasteiger partial charge >= 0.3 is 0 Å². The Balaban J connectivity index is 1.76. The quantitative estimate of drug-likeness (QED) is 0.859. The lowest BCUT2D eigenvalue weighted by atomic mass is 9.95. The van der Waals surface area contributed by atoms with Gasteiger partial charge in [0.25, 0.3) is 0 Å². The van der Waals surface area contributed by atoms with E-state index in [2.05, 4.69) is 35.3 Å². The molecular weight excluding hydrogens is 220 g/mol. The van der Waals surface area contributed by atoms with Crippen molar-refractivity contribution in [1.82, 2.24) is 4.90 Å². The number of anilines is 1. The van der Waals surface area contributed by atoms with Crippen molar-refractivity contribution in [3.8, 4) is 0 Å². The molecular formula is C16H24N2. The van der Waals surface area contributed by atoms with Crippen LogP contribution in [0.1, 0.15) is 37.3 Å². The molecule has 1 atom stereocenters. The van der Waals surface area contributed by atoms with E-state index in [1.807, 2.05) is 0 Å². The highest BCUT2D eigenvalue weighted by Gasteiger charge is 2.19. The molecule has 2 aliphatic rings. The number of hydrogen-bond donors (Lipinski definition) is 1. The average Bonchev–Trinajstić information content (AvgIpc) is 2.39. The molecule has 98 valence electrons. The van der Waals surface area contributed by atoms with Crippen LogP contribution in [0.25, 0.3) is 0 Å². The van der Waals surface area contributed by atoms with Gasteiger partial charge in [0.15, 0.2) is 0 Å². The fraction of sp³-hybridized carbons (Fsp3) is 0.625. The Labute approximate surface area is 110 Å². The van der Waals surface area contributed by atoms with Gasteiger partial charge in [-0.25, -0.2) is 0 Å². The summed E-state index contributed by atoms with van der Waals surface area (Å²) < 4.78 is 0. The summed E-state index contributed by atoms with van der Waals surface area (Å²) in [5, 5.41) is 3.53. The molecule has 1 saturated heterocycles. The van der Waals surface area contributed by atoms with Gasteiger partial charge in [-0.05, 0) is 55.3 Å². The maximum Gasteiger partial charge on any atom is 0.0375 e. The third kappa shape index (κ3) is 2.54. The second-order valence-corrected chi connectivity index (χ2v) is 5.96. The van der Waals surface area contributed by atoms with Crippen LogP contribution >= 0.6 is 0 Å². The van der Waals surface area contributed by atoms with E-state index in [1.54, 1.807) is 11.1 Å². The summed E-state index contributed by atoms with van der Waals surface area (Å²) in [4.78, 5) is 2.64. The highest BCUT2D eigenvalue weighted by Crippen LogP contribution is 2.27. The molecule has 0 spiro atoms. The van der Waals surface area contributed by atoms with Crippen molar-refractivity contribution in [2.45, 2.75) is 39.2 Å². The van der Waals surface area contributed by atoms with Crippen LogP contribution in [0.2, 0.25) is 0 Å². The lowest BCUT2D eigenvalue weighted by Gasteiger charge is -2.32. The number of fused-ring (bicyclic) bond motifs is 1. The maximum atomic E-state index is 3.53. The van der Waals surface area contributed by atoms with Crippen molar-refractivity contribution in [3.63, 3.8) is 0 Å². The van der Waals surface area contributed by atoms with E-state index >= 15 is 0 Å². The number of likely N-dealkylation sites (tertiary alicyclic amines) is 1. The van der Waals surface area contributed by atoms with Crippen molar-refractivity contribution >= 4 is 5.69 Å². The maximum absolute atomic E-state index is 3.53. The molecule has 0 bridgehead atoms. The highest BCUT2D eigenvalue weighted by molar-refractivity contribution is 5.56. The van der Waals surface area contributed by atoms with Gasteiger partial charge in [-0.2, -0.15) is 0 Å². The molecule has 0 amide bonds. The molecule has 1 fully saturated rings. The van der Waals surface area contributed by atoms with Gasteiger partial charge in [-0.3, -0.25) is 4.90 Å². The Hall–Kier alpha value is -1.02. The van der Waals surface area contributed by atoms with Crippen molar-refractivity contribution < 1.29 is 0 Å². The van der Waals surface area contributed by atoms with Crippen LogP contribution in [0.5, 0.6) is 0 Å². The summed E-state index contributed by atoms with van der Waals surface area (Å²) in [5.41, 5.74) is 4.50. The van der Waals surface area contributed by atoms with Gasteiger partial charge in [0.2, 0.25) is 0 Å². The fourth-order valence-corrected chi connectivity index (χ4v) is 3.40. The van der Waals surface area contributed by atoms with E-state index in [1.165, 1.54) is 44.5 Å². The zero-order valence-electron chi connectivity index (χ0n) is 11.4. The molecule has 2 nitrogen and oxygen atoms in total. The fourth-order valence-electron chi connectivity index (χ4n) is 3.40. The molecule has 18 heavy (non-hydrogen) atoms. The zero-order chi connectivity index (χ0) is 12.4. The SMILES string of the molecule is CC1CCCN(Cc2cccc3c2CCCN3)C1.